The molecule has 2 aromatic carbocycles. The Morgan fingerprint density at radius 3 is 2.62 bits per heavy atom. The third-order valence-corrected chi connectivity index (χ3v) is 4.50. The van der Waals surface area contributed by atoms with Crippen LogP contribution >= 0.6 is 0 Å². The third kappa shape index (κ3) is 5.37. The van der Waals surface area contributed by atoms with E-state index in [9.17, 15) is 18.0 Å². The summed E-state index contributed by atoms with van der Waals surface area (Å²) in [4.78, 5) is 12.4. The first kappa shape index (κ1) is 21.2. The highest BCUT2D eigenvalue weighted by Crippen LogP contribution is 2.31. The summed E-state index contributed by atoms with van der Waals surface area (Å²) in [6.45, 7) is 0.439. The highest BCUT2D eigenvalue weighted by molar-refractivity contribution is 6.01. The van der Waals surface area contributed by atoms with Gasteiger partial charge in [-0.15, -0.1) is 0 Å². The highest BCUT2D eigenvalue weighted by atomic mass is 19.4. The lowest BCUT2D eigenvalue weighted by Crippen LogP contribution is -2.12. The number of ether oxygens (including phenoxy) is 1. The molecule has 2 heterocycles. The van der Waals surface area contributed by atoms with E-state index in [4.69, 9.17) is 9.15 Å². The molecule has 0 fully saturated rings. The lowest BCUT2D eigenvalue weighted by Gasteiger charge is -2.09. The average molecular weight is 441 g/mol. The summed E-state index contributed by atoms with van der Waals surface area (Å²) in [5.74, 6) is 0.239. The zero-order valence-electron chi connectivity index (χ0n) is 16.7. The van der Waals surface area contributed by atoms with Crippen LogP contribution in [0.2, 0.25) is 0 Å². The molecular formula is C23H18F3N3O3. The number of hydrogen-bond donors (Lipinski definition) is 1. The minimum Gasteiger partial charge on any atom is -0.486 e. The van der Waals surface area contributed by atoms with Crippen molar-refractivity contribution in [1.29, 1.82) is 0 Å². The van der Waals surface area contributed by atoms with E-state index in [1.54, 1.807) is 16.9 Å². The summed E-state index contributed by atoms with van der Waals surface area (Å²) in [5, 5.41) is 6.95. The molecule has 0 unspecified atom stereocenters. The number of nitrogens with zero attached hydrogens (tertiary/aromatic N) is 2. The van der Waals surface area contributed by atoms with Crippen molar-refractivity contribution >= 4 is 11.7 Å². The van der Waals surface area contributed by atoms with Crippen LogP contribution in [0, 0.1) is 0 Å². The smallest absolute Gasteiger partial charge is 0.416 e. The van der Waals surface area contributed by atoms with Crippen LogP contribution in [0.5, 0.6) is 5.75 Å². The SMILES string of the molecule is O=C(Nc1ccn(Cc2ccccc2)n1)c1ccc(COc2cccc(C(F)(F)F)c2)o1. The number of rotatable bonds is 7. The summed E-state index contributed by atoms with van der Waals surface area (Å²) in [7, 11) is 0. The Morgan fingerprint density at radius 1 is 1.03 bits per heavy atom. The third-order valence-electron chi connectivity index (χ3n) is 4.50. The van der Waals surface area contributed by atoms with Crippen molar-refractivity contribution in [3.05, 3.63) is 102 Å². The molecule has 0 spiro atoms. The second-order valence-corrected chi connectivity index (χ2v) is 6.92. The van der Waals surface area contributed by atoms with Crippen LogP contribution in [0.4, 0.5) is 19.0 Å². The topological polar surface area (TPSA) is 69.3 Å². The van der Waals surface area contributed by atoms with Gasteiger partial charge in [-0.2, -0.15) is 18.3 Å². The molecular weight excluding hydrogens is 423 g/mol. The number of amides is 1. The van der Waals surface area contributed by atoms with Gasteiger partial charge >= 0.3 is 6.18 Å². The van der Waals surface area contributed by atoms with Crippen LogP contribution in [-0.4, -0.2) is 15.7 Å². The van der Waals surface area contributed by atoms with Crippen LogP contribution < -0.4 is 10.1 Å². The average Bonchev–Trinajstić information content (AvgIpc) is 3.42. The fourth-order valence-corrected chi connectivity index (χ4v) is 2.96. The Balaban J connectivity index is 1.33. The van der Waals surface area contributed by atoms with Crippen molar-refractivity contribution in [1.82, 2.24) is 9.78 Å². The fraction of sp³-hybridized carbons (Fsp3) is 0.130. The van der Waals surface area contributed by atoms with Gasteiger partial charge < -0.3 is 14.5 Å². The van der Waals surface area contributed by atoms with Gasteiger partial charge in [0, 0.05) is 12.3 Å². The van der Waals surface area contributed by atoms with Gasteiger partial charge in [0.05, 0.1) is 12.1 Å². The number of aromatic nitrogens is 2. The molecule has 0 radical (unpaired) electrons. The number of hydrogen-bond acceptors (Lipinski definition) is 4. The van der Waals surface area contributed by atoms with Gasteiger partial charge in [0.2, 0.25) is 0 Å². The Morgan fingerprint density at radius 2 is 1.84 bits per heavy atom. The van der Waals surface area contributed by atoms with Gasteiger partial charge in [-0.3, -0.25) is 9.48 Å². The largest absolute Gasteiger partial charge is 0.486 e. The molecule has 0 aliphatic rings. The normalized spacial score (nSPS) is 11.3. The number of alkyl halides is 3. The molecule has 1 amide bonds. The van der Waals surface area contributed by atoms with E-state index in [1.807, 2.05) is 30.3 Å². The molecule has 6 nitrogen and oxygen atoms in total. The quantitative estimate of drug-likeness (QED) is 0.418. The van der Waals surface area contributed by atoms with E-state index in [2.05, 4.69) is 10.4 Å². The summed E-state index contributed by atoms with van der Waals surface area (Å²) in [5.41, 5.74) is 0.270. The van der Waals surface area contributed by atoms with Crippen LogP contribution in [0.25, 0.3) is 0 Å². The van der Waals surface area contributed by atoms with Crippen molar-refractivity contribution in [3.8, 4) is 5.75 Å². The predicted molar refractivity (Wildman–Crippen MR) is 110 cm³/mol. The zero-order valence-corrected chi connectivity index (χ0v) is 16.7. The molecule has 0 aliphatic heterocycles. The number of anilines is 1. The molecule has 1 N–H and O–H groups in total. The molecule has 4 aromatic rings. The van der Waals surface area contributed by atoms with E-state index in [0.717, 1.165) is 17.7 Å². The van der Waals surface area contributed by atoms with Crippen LogP contribution in [0.3, 0.4) is 0 Å². The molecule has 0 saturated heterocycles. The minimum atomic E-state index is -4.45. The summed E-state index contributed by atoms with van der Waals surface area (Å²) >= 11 is 0. The van der Waals surface area contributed by atoms with Gasteiger partial charge in [0.15, 0.2) is 11.6 Å². The first-order chi connectivity index (χ1) is 15.4. The fourth-order valence-electron chi connectivity index (χ4n) is 2.96. The molecule has 2 aromatic heterocycles. The van der Waals surface area contributed by atoms with Crippen molar-refractivity contribution in [2.24, 2.45) is 0 Å². The van der Waals surface area contributed by atoms with Gasteiger partial charge in [-0.25, -0.2) is 0 Å². The zero-order chi connectivity index (χ0) is 22.6. The first-order valence-electron chi connectivity index (χ1n) is 9.64. The van der Waals surface area contributed by atoms with Crippen LogP contribution in [0.15, 0.2) is 83.4 Å². The van der Waals surface area contributed by atoms with E-state index < -0.39 is 17.6 Å². The van der Waals surface area contributed by atoms with Gasteiger partial charge in [0.1, 0.15) is 18.1 Å². The van der Waals surface area contributed by atoms with E-state index in [1.165, 1.54) is 24.3 Å². The molecule has 4 rings (SSSR count). The van der Waals surface area contributed by atoms with Gasteiger partial charge in [-0.05, 0) is 35.9 Å². The van der Waals surface area contributed by atoms with Gasteiger partial charge in [0.25, 0.3) is 5.91 Å². The Bertz CT molecular complexity index is 1200. The number of halogens is 3. The summed E-state index contributed by atoms with van der Waals surface area (Å²) in [6.07, 6.45) is -2.71. The highest BCUT2D eigenvalue weighted by Gasteiger charge is 2.30. The maximum Gasteiger partial charge on any atom is 0.416 e. The second kappa shape index (κ2) is 9.01. The Hall–Kier alpha value is -4.01. The minimum absolute atomic E-state index is 0.0326. The monoisotopic (exact) mass is 441 g/mol. The van der Waals surface area contributed by atoms with Gasteiger partial charge in [-0.1, -0.05) is 36.4 Å². The van der Waals surface area contributed by atoms with Crippen LogP contribution in [0.1, 0.15) is 27.4 Å². The molecule has 9 heteroatoms. The molecule has 32 heavy (non-hydrogen) atoms. The van der Waals surface area contributed by atoms with E-state index in [-0.39, 0.29) is 18.1 Å². The second-order valence-electron chi connectivity index (χ2n) is 6.92. The number of furan rings is 1. The first-order valence-corrected chi connectivity index (χ1v) is 9.64. The number of nitrogens with one attached hydrogen (secondary N) is 1. The molecule has 0 saturated carbocycles. The van der Waals surface area contributed by atoms with E-state index in [0.29, 0.717) is 18.1 Å². The Labute approximate surface area is 181 Å². The van der Waals surface area contributed by atoms with Crippen molar-refractivity contribution < 1.29 is 27.1 Å². The summed E-state index contributed by atoms with van der Waals surface area (Å²) in [6, 6.07) is 19.0. The number of carbonyl (C=O) groups is 1. The number of benzene rings is 2. The molecule has 0 bridgehead atoms. The standard InChI is InChI=1S/C23H18F3N3O3/c24-23(25,26)17-7-4-8-18(13-17)31-15-19-9-10-20(32-19)22(30)27-21-11-12-29(28-21)14-16-5-2-1-3-6-16/h1-13H,14-15H2,(H,27,28,30). The molecule has 164 valence electrons. The predicted octanol–water partition coefficient (Wildman–Crippen LogP) is 5.37. The van der Waals surface area contributed by atoms with Crippen molar-refractivity contribution in [2.75, 3.05) is 5.32 Å². The lowest BCUT2D eigenvalue weighted by atomic mass is 10.2. The number of carbonyl (C=O) groups excluding carboxylic acids is 1. The molecule has 0 atom stereocenters. The maximum atomic E-state index is 12.8. The van der Waals surface area contributed by atoms with Crippen LogP contribution in [-0.2, 0) is 19.3 Å². The summed E-state index contributed by atoms with van der Waals surface area (Å²) < 4.78 is 50.9. The maximum absolute atomic E-state index is 12.8. The lowest BCUT2D eigenvalue weighted by molar-refractivity contribution is -0.137. The van der Waals surface area contributed by atoms with Crippen molar-refractivity contribution in [2.45, 2.75) is 19.3 Å². The Kier molecular flexibility index (Phi) is 5.98. The van der Waals surface area contributed by atoms with E-state index >= 15 is 0 Å². The van der Waals surface area contributed by atoms with Crippen molar-refractivity contribution in [3.63, 3.8) is 0 Å². The molecule has 0 aliphatic carbocycles.